The van der Waals surface area contributed by atoms with Crippen LogP contribution in [0.4, 0.5) is 4.79 Å². The number of rotatable bonds is 5. The maximum Gasteiger partial charge on any atom is 0.317 e. The summed E-state index contributed by atoms with van der Waals surface area (Å²) < 4.78 is 5.40. The van der Waals surface area contributed by atoms with Crippen molar-refractivity contribution < 1.29 is 9.21 Å². The first-order valence-electron chi connectivity index (χ1n) is 9.16. The molecule has 0 spiro atoms. The van der Waals surface area contributed by atoms with E-state index in [2.05, 4.69) is 29.0 Å². The highest BCUT2D eigenvalue weighted by Crippen LogP contribution is 2.19. The molecule has 0 aliphatic carbocycles. The Morgan fingerprint density at radius 3 is 2.75 bits per heavy atom. The molecule has 0 aromatic carbocycles. The van der Waals surface area contributed by atoms with Crippen molar-refractivity contribution in [2.45, 2.75) is 45.3 Å². The van der Waals surface area contributed by atoms with E-state index >= 15 is 0 Å². The van der Waals surface area contributed by atoms with Crippen molar-refractivity contribution >= 4 is 6.03 Å². The van der Waals surface area contributed by atoms with Crippen LogP contribution in [0.25, 0.3) is 0 Å². The summed E-state index contributed by atoms with van der Waals surface area (Å²) in [6.07, 6.45) is 4.14. The molecule has 3 rings (SSSR count). The molecular formula is C18H30N4O2. The van der Waals surface area contributed by atoms with Gasteiger partial charge in [0.05, 0.1) is 12.8 Å². The van der Waals surface area contributed by atoms with E-state index in [4.69, 9.17) is 4.42 Å². The number of carbonyl (C=O) groups is 1. The smallest absolute Gasteiger partial charge is 0.317 e. The topological polar surface area (TPSA) is 52.0 Å². The van der Waals surface area contributed by atoms with Gasteiger partial charge in [0.1, 0.15) is 5.76 Å². The fourth-order valence-electron chi connectivity index (χ4n) is 3.81. The number of hydrogen-bond acceptors (Lipinski definition) is 4. The Balaban J connectivity index is 1.39. The molecule has 1 atom stereocenters. The van der Waals surface area contributed by atoms with E-state index in [0.717, 1.165) is 51.6 Å². The molecule has 2 amide bonds. The number of hydrogen-bond donors (Lipinski definition) is 1. The van der Waals surface area contributed by atoms with E-state index in [9.17, 15) is 4.79 Å². The lowest BCUT2D eigenvalue weighted by Gasteiger charge is -2.35. The Kier molecular flexibility index (Phi) is 5.79. The summed E-state index contributed by atoms with van der Waals surface area (Å²) in [6, 6.07) is 5.06. The highest BCUT2D eigenvalue weighted by molar-refractivity contribution is 5.74. The van der Waals surface area contributed by atoms with E-state index in [0.29, 0.717) is 12.1 Å². The monoisotopic (exact) mass is 334 g/mol. The van der Waals surface area contributed by atoms with Crippen LogP contribution in [0.2, 0.25) is 0 Å². The Labute approximate surface area is 144 Å². The van der Waals surface area contributed by atoms with Gasteiger partial charge in [0.15, 0.2) is 0 Å². The summed E-state index contributed by atoms with van der Waals surface area (Å²) in [5, 5.41) is 3.15. The summed E-state index contributed by atoms with van der Waals surface area (Å²) in [6.45, 7) is 10.6. The molecular weight excluding hydrogens is 304 g/mol. The lowest BCUT2D eigenvalue weighted by atomic mass is 10.2. The molecule has 3 heterocycles. The molecule has 1 aromatic heterocycles. The van der Waals surface area contributed by atoms with E-state index in [1.54, 1.807) is 6.26 Å². The van der Waals surface area contributed by atoms with Crippen LogP contribution < -0.4 is 5.32 Å². The van der Waals surface area contributed by atoms with Crippen LogP contribution in [0, 0.1) is 0 Å². The largest absolute Gasteiger partial charge is 0.468 e. The first-order chi connectivity index (χ1) is 11.6. The zero-order valence-electron chi connectivity index (χ0n) is 14.9. The average Bonchev–Trinajstić information content (AvgIpc) is 3.24. The Bertz CT molecular complexity index is 509. The molecule has 6 nitrogen and oxygen atoms in total. The third-order valence-corrected chi connectivity index (χ3v) is 5.19. The minimum Gasteiger partial charge on any atom is -0.468 e. The molecule has 1 N–H and O–H groups in total. The van der Waals surface area contributed by atoms with Gasteiger partial charge in [-0.2, -0.15) is 0 Å². The molecule has 0 radical (unpaired) electrons. The number of amides is 2. The fourth-order valence-corrected chi connectivity index (χ4v) is 3.81. The second-order valence-corrected chi connectivity index (χ2v) is 7.16. The zero-order chi connectivity index (χ0) is 16.9. The molecule has 2 fully saturated rings. The molecule has 2 saturated heterocycles. The maximum absolute atomic E-state index is 12.4. The number of nitrogens with zero attached hydrogens (tertiary/aromatic N) is 3. The summed E-state index contributed by atoms with van der Waals surface area (Å²) in [5.41, 5.74) is 0. The van der Waals surface area contributed by atoms with Crippen LogP contribution in [0.5, 0.6) is 0 Å². The van der Waals surface area contributed by atoms with E-state index in [-0.39, 0.29) is 6.03 Å². The summed E-state index contributed by atoms with van der Waals surface area (Å²) in [4.78, 5) is 19.2. The molecule has 134 valence electrons. The third kappa shape index (κ3) is 4.30. The number of piperazine rings is 1. The molecule has 0 bridgehead atoms. The number of likely N-dealkylation sites (tertiary alicyclic amines) is 1. The van der Waals surface area contributed by atoms with E-state index in [1.165, 1.54) is 12.8 Å². The van der Waals surface area contributed by atoms with Crippen molar-refractivity contribution in [1.82, 2.24) is 20.0 Å². The number of furan rings is 1. The van der Waals surface area contributed by atoms with Gasteiger partial charge < -0.3 is 14.6 Å². The first kappa shape index (κ1) is 17.3. The molecule has 24 heavy (non-hydrogen) atoms. The molecule has 2 aliphatic heterocycles. The van der Waals surface area contributed by atoms with Gasteiger partial charge in [-0.05, 0) is 45.4 Å². The molecule has 1 unspecified atom stereocenters. The van der Waals surface area contributed by atoms with Gasteiger partial charge in [0.25, 0.3) is 0 Å². The van der Waals surface area contributed by atoms with Gasteiger partial charge in [0.2, 0.25) is 0 Å². The van der Waals surface area contributed by atoms with Crippen molar-refractivity contribution in [3.63, 3.8) is 0 Å². The number of urea groups is 1. The second-order valence-electron chi connectivity index (χ2n) is 7.16. The van der Waals surface area contributed by atoms with Crippen LogP contribution in [0.15, 0.2) is 22.8 Å². The van der Waals surface area contributed by atoms with Crippen LogP contribution in [-0.2, 0) is 6.54 Å². The average molecular weight is 334 g/mol. The Morgan fingerprint density at radius 2 is 2.08 bits per heavy atom. The summed E-state index contributed by atoms with van der Waals surface area (Å²) in [5.74, 6) is 0.989. The van der Waals surface area contributed by atoms with Crippen molar-refractivity contribution in [1.29, 1.82) is 0 Å². The van der Waals surface area contributed by atoms with Gasteiger partial charge in [-0.3, -0.25) is 9.80 Å². The summed E-state index contributed by atoms with van der Waals surface area (Å²) in [7, 11) is 0. The Morgan fingerprint density at radius 1 is 1.29 bits per heavy atom. The molecule has 6 heteroatoms. The van der Waals surface area contributed by atoms with Crippen molar-refractivity contribution in [2.24, 2.45) is 0 Å². The van der Waals surface area contributed by atoms with Crippen molar-refractivity contribution in [3.8, 4) is 0 Å². The SMILES string of the molecule is CC(C)N1CCCC1CNC(=O)N1CCN(Cc2ccco2)CC1. The van der Waals surface area contributed by atoms with Crippen LogP contribution in [0.1, 0.15) is 32.4 Å². The van der Waals surface area contributed by atoms with Crippen molar-refractivity contribution in [3.05, 3.63) is 24.2 Å². The van der Waals surface area contributed by atoms with Crippen LogP contribution in [0.3, 0.4) is 0 Å². The van der Waals surface area contributed by atoms with Gasteiger partial charge in [-0.15, -0.1) is 0 Å². The molecule has 1 aromatic rings. The van der Waals surface area contributed by atoms with Crippen LogP contribution >= 0.6 is 0 Å². The van der Waals surface area contributed by atoms with E-state index in [1.807, 2.05) is 17.0 Å². The predicted octanol–water partition coefficient (Wildman–Crippen LogP) is 1.98. The minimum absolute atomic E-state index is 0.0863. The highest BCUT2D eigenvalue weighted by atomic mass is 16.3. The number of carbonyl (C=O) groups excluding carboxylic acids is 1. The van der Waals surface area contributed by atoms with Gasteiger partial charge >= 0.3 is 6.03 Å². The normalized spacial score (nSPS) is 23.1. The highest BCUT2D eigenvalue weighted by Gasteiger charge is 2.28. The lowest BCUT2D eigenvalue weighted by Crippen LogP contribution is -2.53. The third-order valence-electron chi connectivity index (χ3n) is 5.19. The lowest BCUT2D eigenvalue weighted by molar-refractivity contribution is 0.127. The van der Waals surface area contributed by atoms with E-state index < -0.39 is 0 Å². The van der Waals surface area contributed by atoms with Crippen molar-refractivity contribution in [2.75, 3.05) is 39.3 Å². The first-order valence-corrected chi connectivity index (χ1v) is 9.16. The predicted molar refractivity (Wildman–Crippen MR) is 93.8 cm³/mol. The minimum atomic E-state index is 0.0863. The van der Waals surface area contributed by atoms with Crippen LogP contribution in [-0.4, -0.2) is 72.1 Å². The van der Waals surface area contributed by atoms with Gasteiger partial charge in [-0.1, -0.05) is 0 Å². The summed E-state index contributed by atoms with van der Waals surface area (Å²) >= 11 is 0. The second kappa shape index (κ2) is 8.03. The number of nitrogens with one attached hydrogen (secondary N) is 1. The Hall–Kier alpha value is -1.53. The fraction of sp³-hybridized carbons (Fsp3) is 0.722. The molecule has 2 aliphatic rings. The zero-order valence-corrected chi connectivity index (χ0v) is 14.9. The standard InChI is InChI=1S/C18H30N4O2/c1-15(2)22-7-3-5-16(22)13-19-18(23)21-10-8-20(9-11-21)14-17-6-4-12-24-17/h4,6,12,15-16H,3,5,7-11,13-14H2,1-2H3,(H,19,23). The maximum atomic E-state index is 12.4. The van der Waals surface area contributed by atoms with Gasteiger partial charge in [0, 0.05) is 44.8 Å². The van der Waals surface area contributed by atoms with Gasteiger partial charge in [-0.25, -0.2) is 4.79 Å². The quantitative estimate of drug-likeness (QED) is 0.895. The molecule has 0 saturated carbocycles.